The van der Waals surface area contributed by atoms with E-state index in [1.165, 1.54) is 45.9 Å². The van der Waals surface area contributed by atoms with E-state index in [9.17, 15) is 14.0 Å². The Labute approximate surface area is 170 Å². The van der Waals surface area contributed by atoms with Crippen LogP contribution in [-0.2, 0) is 11.3 Å². The minimum absolute atomic E-state index is 0.132. The predicted octanol–water partition coefficient (Wildman–Crippen LogP) is 4.52. The zero-order valence-corrected chi connectivity index (χ0v) is 17.4. The summed E-state index contributed by atoms with van der Waals surface area (Å²) in [6, 6.07) is 5.71. The van der Waals surface area contributed by atoms with Crippen LogP contribution >= 0.6 is 23.1 Å². The van der Waals surface area contributed by atoms with Crippen molar-refractivity contribution in [1.82, 2.24) is 9.55 Å². The molecule has 5 nitrogen and oxygen atoms in total. The third-order valence-corrected chi connectivity index (χ3v) is 6.50. The van der Waals surface area contributed by atoms with Gasteiger partial charge in [0.15, 0.2) is 5.16 Å². The summed E-state index contributed by atoms with van der Waals surface area (Å²) in [4.78, 5) is 31.8. The van der Waals surface area contributed by atoms with Gasteiger partial charge in [0.2, 0.25) is 5.91 Å². The summed E-state index contributed by atoms with van der Waals surface area (Å²) in [6.45, 7) is 9.61. The second-order valence-corrected chi connectivity index (χ2v) is 8.83. The van der Waals surface area contributed by atoms with Gasteiger partial charge in [0, 0.05) is 17.1 Å². The number of thiophene rings is 1. The van der Waals surface area contributed by atoms with Crippen molar-refractivity contribution in [3.05, 3.63) is 63.5 Å². The molecule has 0 spiro atoms. The smallest absolute Gasteiger partial charge is 0.263 e. The van der Waals surface area contributed by atoms with Gasteiger partial charge in [-0.2, -0.15) is 0 Å². The molecule has 1 amide bonds. The Balaban J connectivity index is 1.92. The predicted molar refractivity (Wildman–Crippen MR) is 114 cm³/mol. The Hall–Kier alpha value is -2.45. The molecule has 2 heterocycles. The number of hydrogen-bond donors (Lipinski definition) is 1. The van der Waals surface area contributed by atoms with Gasteiger partial charge < -0.3 is 5.32 Å². The van der Waals surface area contributed by atoms with Crippen LogP contribution in [0.4, 0.5) is 10.1 Å². The number of aromatic nitrogens is 2. The molecule has 0 aliphatic rings. The molecule has 0 aliphatic heterocycles. The molecule has 1 aromatic carbocycles. The number of anilines is 1. The maximum absolute atomic E-state index is 13.3. The van der Waals surface area contributed by atoms with Crippen LogP contribution in [0.5, 0.6) is 0 Å². The molecule has 1 atom stereocenters. The van der Waals surface area contributed by atoms with Crippen molar-refractivity contribution < 1.29 is 9.18 Å². The number of aryl methyl sites for hydroxylation is 2. The van der Waals surface area contributed by atoms with Gasteiger partial charge in [0.25, 0.3) is 5.56 Å². The standard InChI is InChI=1S/C20H20FN3O2S2/c1-5-9-24-19(26)16-11(2)12(3)27-18(16)23-20(24)28-13(4)17(25)22-15-8-6-7-14(21)10-15/h5-8,10,13H,1,9H2,2-4H3,(H,22,25)/t13-/m0/s1. The summed E-state index contributed by atoms with van der Waals surface area (Å²) >= 11 is 2.66. The molecule has 0 saturated carbocycles. The maximum Gasteiger partial charge on any atom is 0.263 e. The molecule has 3 aromatic rings. The highest BCUT2D eigenvalue weighted by atomic mass is 32.2. The summed E-state index contributed by atoms with van der Waals surface area (Å²) < 4.78 is 14.9. The highest BCUT2D eigenvalue weighted by molar-refractivity contribution is 8.00. The van der Waals surface area contributed by atoms with Crippen LogP contribution in [0.15, 0.2) is 46.9 Å². The number of nitrogens with one attached hydrogen (secondary N) is 1. The van der Waals surface area contributed by atoms with Crippen molar-refractivity contribution >= 4 is 44.9 Å². The van der Waals surface area contributed by atoms with E-state index in [1.54, 1.807) is 19.1 Å². The number of halogens is 1. The number of thioether (sulfide) groups is 1. The Morgan fingerprint density at radius 3 is 2.89 bits per heavy atom. The van der Waals surface area contributed by atoms with Gasteiger partial charge in [-0.1, -0.05) is 23.9 Å². The molecule has 3 rings (SSSR count). The molecule has 8 heteroatoms. The van der Waals surface area contributed by atoms with Crippen LogP contribution in [0.25, 0.3) is 10.2 Å². The van der Waals surface area contributed by atoms with E-state index in [4.69, 9.17) is 0 Å². The minimum Gasteiger partial charge on any atom is -0.325 e. The first kappa shape index (κ1) is 20.3. The van der Waals surface area contributed by atoms with Gasteiger partial charge >= 0.3 is 0 Å². The van der Waals surface area contributed by atoms with E-state index >= 15 is 0 Å². The second-order valence-electron chi connectivity index (χ2n) is 6.32. The van der Waals surface area contributed by atoms with Crippen molar-refractivity contribution in [2.24, 2.45) is 0 Å². The van der Waals surface area contributed by atoms with Gasteiger partial charge in [-0.25, -0.2) is 9.37 Å². The third-order valence-electron chi connectivity index (χ3n) is 4.31. The van der Waals surface area contributed by atoms with Crippen LogP contribution in [0.1, 0.15) is 17.4 Å². The van der Waals surface area contributed by atoms with Crippen LogP contribution in [0.2, 0.25) is 0 Å². The average Bonchev–Trinajstić information content (AvgIpc) is 2.92. The maximum atomic E-state index is 13.3. The Bertz CT molecular complexity index is 1120. The quantitative estimate of drug-likeness (QED) is 0.364. The first-order valence-electron chi connectivity index (χ1n) is 8.66. The fraction of sp³-hybridized carbons (Fsp3) is 0.250. The summed E-state index contributed by atoms with van der Waals surface area (Å²) in [6.07, 6.45) is 1.63. The molecular formula is C20H20FN3O2S2. The van der Waals surface area contributed by atoms with E-state index in [2.05, 4.69) is 16.9 Å². The molecule has 2 aromatic heterocycles. The molecule has 0 saturated heterocycles. The van der Waals surface area contributed by atoms with Crippen LogP contribution < -0.4 is 10.9 Å². The summed E-state index contributed by atoms with van der Waals surface area (Å²) in [5.41, 5.74) is 1.18. The number of amides is 1. The van der Waals surface area contributed by atoms with Gasteiger partial charge in [-0.15, -0.1) is 17.9 Å². The summed E-state index contributed by atoms with van der Waals surface area (Å²) in [7, 11) is 0. The first-order valence-corrected chi connectivity index (χ1v) is 10.4. The Morgan fingerprint density at radius 2 is 2.21 bits per heavy atom. The van der Waals surface area contributed by atoms with Gasteiger partial charge in [0.1, 0.15) is 10.6 Å². The van der Waals surface area contributed by atoms with E-state index < -0.39 is 11.1 Å². The van der Waals surface area contributed by atoms with Crippen molar-refractivity contribution in [3.63, 3.8) is 0 Å². The van der Waals surface area contributed by atoms with Crippen molar-refractivity contribution in [1.29, 1.82) is 0 Å². The minimum atomic E-state index is -0.536. The first-order chi connectivity index (χ1) is 13.3. The Morgan fingerprint density at radius 1 is 1.46 bits per heavy atom. The fourth-order valence-corrected chi connectivity index (χ4v) is 4.70. The zero-order valence-electron chi connectivity index (χ0n) is 15.8. The number of fused-ring (bicyclic) bond motifs is 1. The summed E-state index contributed by atoms with van der Waals surface area (Å²) in [5, 5.41) is 3.23. The van der Waals surface area contributed by atoms with Crippen molar-refractivity contribution in [3.8, 4) is 0 Å². The number of nitrogens with zero attached hydrogens (tertiary/aromatic N) is 2. The van der Waals surface area contributed by atoms with Gasteiger partial charge in [0.05, 0.1) is 10.6 Å². The lowest BCUT2D eigenvalue weighted by Gasteiger charge is -2.15. The number of carbonyl (C=O) groups excluding carboxylic acids is 1. The lowest BCUT2D eigenvalue weighted by molar-refractivity contribution is -0.115. The SMILES string of the molecule is C=CCn1c(S[C@@H](C)C(=O)Nc2cccc(F)c2)nc2sc(C)c(C)c2c1=O. The lowest BCUT2D eigenvalue weighted by atomic mass is 10.2. The van der Waals surface area contributed by atoms with E-state index in [0.717, 1.165) is 10.4 Å². The number of hydrogen-bond acceptors (Lipinski definition) is 5. The molecule has 0 fully saturated rings. The van der Waals surface area contributed by atoms with E-state index in [0.29, 0.717) is 27.6 Å². The molecule has 0 bridgehead atoms. The lowest BCUT2D eigenvalue weighted by Crippen LogP contribution is -2.26. The second kappa shape index (κ2) is 8.28. The highest BCUT2D eigenvalue weighted by Crippen LogP contribution is 2.30. The fourth-order valence-electron chi connectivity index (χ4n) is 2.71. The molecule has 1 N–H and O–H groups in total. The van der Waals surface area contributed by atoms with Gasteiger partial charge in [-0.05, 0) is 44.5 Å². The highest BCUT2D eigenvalue weighted by Gasteiger charge is 2.21. The zero-order chi connectivity index (χ0) is 20.4. The number of benzene rings is 1. The third kappa shape index (κ3) is 4.02. The average molecular weight is 418 g/mol. The number of allylic oxidation sites excluding steroid dienone is 1. The number of carbonyl (C=O) groups is 1. The van der Waals surface area contributed by atoms with Crippen molar-refractivity contribution in [2.75, 3.05) is 5.32 Å². The molecule has 28 heavy (non-hydrogen) atoms. The van der Waals surface area contributed by atoms with Crippen molar-refractivity contribution in [2.45, 2.75) is 37.7 Å². The molecular weight excluding hydrogens is 397 g/mol. The van der Waals surface area contributed by atoms with E-state index in [-0.39, 0.29) is 11.5 Å². The topological polar surface area (TPSA) is 64.0 Å². The number of rotatable bonds is 6. The largest absolute Gasteiger partial charge is 0.325 e. The molecule has 0 radical (unpaired) electrons. The normalized spacial score (nSPS) is 12.1. The molecule has 0 unspecified atom stereocenters. The van der Waals surface area contributed by atoms with Crippen LogP contribution in [-0.4, -0.2) is 20.7 Å². The Kier molecular flexibility index (Phi) is 6.00. The van der Waals surface area contributed by atoms with Crippen LogP contribution in [0, 0.1) is 19.7 Å². The van der Waals surface area contributed by atoms with Gasteiger partial charge in [-0.3, -0.25) is 14.2 Å². The van der Waals surface area contributed by atoms with Crippen LogP contribution in [0.3, 0.4) is 0 Å². The van der Waals surface area contributed by atoms with E-state index in [1.807, 2.05) is 13.8 Å². The summed E-state index contributed by atoms with van der Waals surface area (Å²) in [5.74, 6) is -0.720. The molecule has 0 aliphatic carbocycles. The molecule has 146 valence electrons. The monoisotopic (exact) mass is 417 g/mol.